The van der Waals surface area contributed by atoms with Crippen LogP contribution in [0.1, 0.15) is 76.9 Å². The van der Waals surface area contributed by atoms with Gasteiger partial charge in [0.05, 0.1) is 24.9 Å². The summed E-state index contributed by atoms with van der Waals surface area (Å²) in [4.78, 5) is 24.8. The Kier molecular flexibility index (Phi) is 8.18. The third-order valence-electron chi connectivity index (χ3n) is 5.24. The summed E-state index contributed by atoms with van der Waals surface area (Å²) in [7, 11) is 0. The van der Waals surface area contributed by atoms with Crippen molar-refractivity contribution in [2.75, 3.05) is 19.8 Å². The molecule has 0 radical (unpaired) electrons. The van der Waals surface area contributed by atoms with E-state index in [4.69, 9.17) is 18.9 Å². The maximum absolute atomic E-state index is 12.8. The Morgan fingerprint density at radius 1 is 1.27 bits per heavy atom. The molecule has 9 nitrogen and oxygen atoms in total. The van der Waals surface area contributed by atoms with Gasteiger partial charge in [0.2, 0.25) is 0 Å². The number of amides is 1. The molecule has 0 aliphatic carbocycles. The van der Waals surface area contributed by atoms with E-state index in [1.165, 1.54) is 0 Å². The maximum Gasteiger partial charge on any atom is 0.407 e. The van der Waals surface area contributed by atoms with Crippen molar-refractivity contribution in [3.63, 3.8) is 0 Å². The van der Waals surface area contributed by atoms with Gasteiger partial charge in [-0.25, -0.2) is 14.3 Å². The molecule has 2 heterocycles. The SMILES string of the molecule is CCOC(=O)c1cc2c(cnn2C2CCCCO2)cc1O[C@H](CC)CNC(=O)OC(C)(C)C. The minimum absolute atomic E-state index is 0.153. The highest BCUT2D eigenvalue weighted by atomic mass is 16.6. The first-order valence-corrected chi connectivity index (χ1v) is 11.6. The highest BCUT2D eigenvalue weighted by molar-refractivity contribution is 5.97. The Balaban J connectivity index is 1.84. The van der Waals surface area contributed by atoms with Crippen molar-refractivity contribution in [2.45, 2.75) is 78.2 Å². The Morgan fingerprint density at radius 3 is 2.70 bits per heavy atom. The highest BCUT2D eigenvalue weighted by Crippen LogP contribution is 2.32. The lowest BCUT2D eigenvalue weighted by Crippen LogP contribution is -2.38. The molecule has 182 valence electrons. The number of benzene rings is 1. The van der Waals surface area contributed by atoms with Gasteiger partial charge in [0.25, 0.3) is 0 Å². The minimum Gasteiger partial charge on any atom is -0.488 e. The lowest BCUT2D eigenvalue weighted by Gasteiger charge is -2.24. The van der Waals surface area contributed by atoms with Crippen LogP contribution in [0.2, 0.25) is 0 Å². The number of hydrogen-bond donors (Lipinski definition) is 1. The van der Waals surface area contributed by atoms with Gasteiger partial charge in [-0.05, 0) is 65.5 Å². The Morgan fingerprint density at radius 2 is 2.06 bits per heavy atom. The number of rotatable bonds is 8. The zero-order valence-electron chi connectivity index (χ0n) is 20.2. The highest BCUT2D eigenvalue weighted by Gasteiger charge is 2.24. The van der Waals surface area contributed by atoms with Gasteiger partial charge in [0.1, 0.15) is 23.0 Å². The zero-order chi connectivity index (χ0) is 24.0. The van der Waals surface area contributed by atoms with Crippen LogP contribution in [-0.2, 0) is 14.2 Å². The van der Waals surface area contributed by atoms with Gasteiger partial charge in [0, 0.05) is 12.0 Å². The van der Waals surface area contributed by atoms with Crippen molar-refractivity contribution in [3.05, 3.63) is 23.9 Å². The molecule has 1 aliphatic rings. The Hall–Kier alpha value is -2.81. The van der Waals surface area contributed by atoms with Crippen LogP contribution >= 0.6 is 0 Å². The summed E-state index contributed by atoms with van der Waals surface area (Å²) in [5, 5.41) is 8.08. The fourth-order valence-corrected chi connectivity index (χ4v) is 3.64. The topological polar surface area (TPSA) is 101 Å². The normalized spacial score (nSPS) is 17.4. The Labute approximate surface area is 194 Å². The van der Waals surface area contributed by atoms with Crippen LogP contribution in [0.5, 0.6) is 5.75 Å². The molecular weight excluding hydrogens is 426 g/mol. The molecule has 1 saturated heterocycles. The lowest BCUT2D eigenvalue weighted by molar-refractivity contribution is -0.0366. The summed E-state index contributed by atoms with van der Waals surface area (Å²) < 4.78 is 24.4. The van der Waals surface area contributed by atoms with Gasteiger partial charge in [-0.15, -0.1) is 0 Å². The number of carbonyl (C=O) groups is 2. The van der Waals surface area contributed by atoms with Crippen LogP contribution in [0, 0.1) is 0 Å². The molecule has 2 atom stereocenters. The largest absolute Gasteiger partial charge is 0.488 e. The van der Waals surface area contributed by atoms with Crippen LogP contribution in [0.15, 0.2) is 18.3 Å². The van der Waals surface area contributed by atoms with Gasteiger partial charge >= 0.3 is 12.1 Å². The standard InChI is InChI=1S/C24H35N3O6/c1-6-17(15-25-23(29)33-24(3,4)5)32-20-12-16-14-26-27(21-10-8-9-11-31-21)19(16)13-18(20)22(28)30-7-2/h12-14,17,21H,6-11,15H2,1-5H3,(H,25,29)/t17-,21?/m1/s1. The first kappa shape index (κ1) is 24.8. The summed E-state index contributed by atoms with van der Waals surface area (Å²) in [6.07, 6.45) is 4.31. The van der Waals surface area contributed by atoms with Crippen molar-refractivity contribution >= 4 is 23.0 Å². The molecule has 1 aromatic heterocycles. The van der Waals surface area contributed by atoms with E-state index in [1.54, 1.807) is 46.0 Å². The summed E-state index contributed by atoms with van der Waals surface area (Å²) in [5.41, 5.74) is 0.520. The lowest BCUT2D eigenvalue weighted by atomic mass is 10.1. The number of esters is 1. The molecule has 1 aromatic carbocycles. The van der Waals surface area contributed by atoms with Crippen LogP contribution in [0.3, 0.4) is 0 Å². The van der Waals surface area contributed by atoms with Crippen LogP contribution in [-0.4, -0.2) is 53.3 Å². The van der Waals surface area contributed by atoms with Crippen molar-refractivity contribution in [1.82, 2.24) is 15.1 Å². The van der Waals surface area contributed by atoms with Crippen LogP contribution < -0.4 is 10.1 Å². The second kappa shape index (κ2) is 10.9. The molecule has 1 fully saturated rings. The number of hydrogen-bond acceptors (Lipinski definition) is 7. The maximum atomic E-state index is 12.8. The molecule has 1 amide bonds. The van der Waals surface area contributed by atoms with E-state index in [2.05, 4.69) is 10.4 Å². The second-order valence-electron chi connectivity index (χ2n) is 9.07. The summed E-state index contributed by atoms with van der Waals surface area (Å²) in [6.45, 7) is 10.3. The average Bonchev–Trinajstić information content (AvgIpc) is 3.18. The molecule has 1 aliphatic heterocycles. The average molecular weight is 462 g/mol. The van der Waals surface area contributed by atoms with Gasteiger partial charge in [-0.1, -0.05) is 6.92 Å². The molecule has 33 heavy (non-hydrogen) atoms. The smallest absolute Gasteiger partial charge is 0.407 e. The van der Waals surface area contributed by atoms with Crippen molar-refractivity contribution in [3.8, 4) is 5.75 Å². The summed E-state index contributed by atoms with van der Waals surface area (Å²) >= 11 is 0. The number of carbonyl (C=O) groups excluding carboxylic acids is 2. The summed E-state index contributed by atoms with van der Waals surface area (Å²) in [6, 6.07) is 3.55. The van der Waals surface area contributed by atoms with Gasteiger partial charge < -0.3 is 24.3 Å². The molecule has 1 N–H and O–H groups in total. The monoisotopic (exact) mass is 461 g/mol. The van der Waals surface area contributed by atoms with Crippen LogP contribution in [0.4, 0.5) is 4.79 Å². The quantitative estimate of drug-likeness (QED) is 0.574. The number of aromatic nitrogens is 2. The molecule has 0 bridgehead atoms. The number of ether oxygens (including phenoxy) is 4. The van der Waals surface area contributed by atoms with Crippen molar-refractivity contribution < 1.29 is 28.5 Å². The zero-order valence-corrected chi connectivity index (χ0v) is 20.2. The number of alkyl carbamates (subject to hydrolysis) is 1. The van der Waals surface area contributed by atoms with Gasteiger partial charge in [0.15, 0.2) is 6.23 Å². The molecule has 3 rings (SSSR count). The first-order valence-electron chi connectivity index (χ1n) is 11.6. The fraction of sp³-hybridized carbons (Fsp3) is 0.625. The molecular formula is C24H35N3O6. The fourth-order valence-electron chi connectivity index (χ4n) is 3.64. The van der Waals surface area contributed by atoms with E-state index in [0.29, 0.717) is 24.3 Å². The van der Waals surface area contributed by atoms with E-state index >= 15 is 0 Å². The van der Waals surface area contributed by atoms with E-state index in [1.807, 2.05) is 11.6 Å². The van der Waals surface area contributed by atoms with Crippen molar-refractivity contribution in [1.29, 1.82) is 0 Å². The van der Waals surface area contributed by atoms with Crippen molar-refractivity contribution in [2.24, 2.45) is 0 Å². The predicted octanol–water partition coefficient (Wildman–Crippen LogP) is 4.59. The predicted molar refractivity (Wildman–Crippen MR) is 123 cm³/mol. The van der Waals surface area contributed by atoms with E-state index in [0.717, 1.165) is 30.2 Å². The Bertz CT molecular complexity index is 959. The van der Waals surface area contributed by atoms with Gasteiger partial charge in [-0.2, -0.15) is 5.10 Å². The van der Waals surface area contributed by atoms with E-state index < -0.39 is 17.7 Å². The van der Waals surface area contributed by atoms with Crippen LogP contribution in [0.25, 0.3) is 10.9 Å². The number of nitrogens with zero attached hydrogens (tertiary/aromatic N) is 2. The molecule has 9 heteroatoms. The number of nitrogens with one attached hydrogen (secondary N) is 1. The third-order valence-corrected chi connectivity index (χ3v) is 5.24. The molecule has 2 aromatic rings. The third kappa shape index (κ3) is 6.60. The molecule has 1 unspecified atom stereocenters. The molecule has 0 spiro atoms. The number of fused-ring (bicyclic) bond motifs is 1. The van der Waals surface area contributed by atoms with E-state index in [9.17, 15) is 9.59 Å². The first-order chi connectivity index (χ1) is 15.7. The molecule has 0 saturated carbocycles. The van der Waals surface area contributed by atoms with E-state index in [-0.39, 0.29) is 25.5 Å². The summed E-state index contributed by atoms with van der Waals surface area (Å²) in [5.74, 6) is -0.0791. The second-order valence-corrected chi connectivity index (χ2v) is 9.07. The van der Waals surface area contributed by atoms with Gasteiger partial charge in [-0.3, -0.25) is 0 Å². The minimum atomic E-state index is -0.586.